The molecule has 6 atom stereocenters. The minimum atomic E-state index is -4.92. The van der Waals surface area contributed by atoms with Crippen molar-refractivity contribution in [1.29, 1.82) is 5.26 Å². The van der Waals surface area contributed by atoms with Gasteiger partial charge in [-0.2, -0.15) is 10.2 Å². The molecule has 60 heavy (non-hydrogen) atoms. The fourth-order valence-corrected chi connectivity index (χ4v) is 8.13. The van der Waals surface area contributed by atoms with Crippen LogP contribution < -0.4 is 16.2 Å². The van der Waals surface area contributed by atoms with E-state index < -0.39 is 52.5 Å². The van der Waals surface area contributed by atoms with Crippen molar-refractivity contribution < 1.29 is 51.3 Å². The Bertz CT molecular complexity index is 2510. The van der Waals surface area contributed by atoms with Gasteiger partial charge in [0.15, 0.2) is 28.1 Å². The number of nitriles is 1. The van der Waals surface area contributed by atoms with Gasteiger partial charge < -0.3 is 29.0 Å². The average Bonchev–Trinajstić information content (AvgIpc) is 3.97. The van der Waals surface area contributed by atoms with Crippen molar-refractivity contribution >= 4 is 61.6 Å². The Morgan fingerprint density at radius 3 is 2.48 bits per heavy atom. The van der Waals surface area contributed by atoms with Gasteiger partial charge in [0.05, 0.1) is 51.5 Å². The van der Waals surface area contributed by atoms with E-state index in [4.69, 9.17) is 28.1 Å². The van der Waals surface area contributed by atoms with Gasteiger partial charge in [0, 0.05) is 24.6 Å². The van der Waals surface area contributed by atoms with Crippen LogP contribution in [-0.2, 0) is 43.3 Å². The molecule has 0 bridgehead atoms. The summed E-state index contributed by atoms with van der Waals surface area (Å²) in [6, 6.07) is 9.98. The molecule has 320 valence electrons. The van der Waals surface area contributed by atoms with E-state index in [1.807, 2.05) is 0 Å². The smallest absolute Gasteiger partial charge is 0.376 e. The number of nitrogens with one attached hydrogen (secondary N) is 3. The number of H-pyrrole nitrogens is 1. The summed E-state index contributed by atoms with van der Waals surface area (Å²) in [7, 11) is -8.40. The molecule has 0 radical (unpaired) electrons. The average molecular weight is 872 g/mol. The third-order valence-electron chi connectivity index (χ3n) is 9.48. The molecule has 4 heterocycles. The molecule has 4 aromatic heterocycles. The summed E-state index contributed by atoms with van der Waals surface area (Å²) in [5, 5.41) is 14.1. The number of hydrogen-bond donors (Lipinski definition) is 5. The van der Waals surface area contributed by atoms with E-state index in [2.05, 4.69) is 40.5 Å². The van der Waals surface area contributed by atoms with Gasteiger partial charge in [-0.3, -0.25) is 42.8 Å². The first-order valence-corrected chi connectivity index (χ1v) is 21.6. The van der Waals surface area contributed by atoms with Gasteiger partial charge in [-0.05, 0) is 37.3 Å². The standard InChI is InChI=1S/C35H43N11O12P2/c1-21(2)32(47)43-35-42-31-28(34(49)44-35)40-20-46(31)24-11-10-22(14-24)16-56-60(52,53)58-25(26(54-3)17-57-59(50,51)55-13-7-12-36)15-45-19-39-27-29(37-18-38-30(27)45)41-33(48)23-8-5-4-6-9-23/h4-6,8-9,18-22,24-26H,7,10-11,13-17H2,1-3H3,(H,50,51)(H,52,53)(H,37,38,41,48)(H2,42,43,44,47,49)/t22-,24+,25+,26-/m1/s1. The molecule has 1 saturated carbocycles. The quantitative estimate of drug-likeness (QED) is 0.0550. The number of methoxy groups -OCH3 is 1. The summed E-state index contributed by atoms with van der Waals surface area (Å²) >= 11 is 0. The number of phosphoric acid groups is 2. The summed E-state index contributed by atoms with van der Waals surface area (Å²) in [5.41, 5.74) is 0.567. The van der Waals surface area contributed by atoms with E-state index in [0.717, 1.165) is 0 Å². The third kappa shape index (κ3) is 11.1. The monoisotopic (exact) mass is 871 g/mol. The lowest BCUT2D eigenvalue weighted by Crippen LogP contribution is -2.37. The SMILES string of the molecule is CO[C@H](COP(=O)(O)OCCC#N)[C@H](Cn1cnc2c(NC(=O)c3ccccc3)ncnc21)OP(=O)(O)OC[C@@H]1CC[C@H](n2cnc3c(=O)[nH]c(NC(=O)C(C)C)nc32)C1. The molecule has 5 N–H and O–H groups in total. The number of rotatable bonds is 20. The van der Waals surface area contributed by atoms with Crippen LogP contribution in [0.15, 0.2) is 54.1 Å². The minimum absolute atomic E-state index is 0.0155. The van der Waals surface area contributed by atoms with E-state index in [9.17, 15) is 33.3 Å². The highest BCUT2D eigenvalue weighted by Gasteiger charge is 2.37. The summed E-state index contributed by atoms with van der Waals surface area (Å²) in [4.78, 5) is 83.1. The van der Waals surface area contributed by atoms with Crippen molar-refractivity contribution in [3.8, 4) is 6.07 Å². The van der Waals surface area contributed by atoms with E-state index >= 15 is 0 Å². The maximum absolute atomic E-state index is 13.6. The molecule has 1 aromatic carbocycles. The summed E-state index contributed by atoms with van der Waals surface area (Å²) in [6.07, 6.45) is 2.68. The molecule has 23 nitrogen and oxygen atoms in total. The van der Waals surface area contributed by atoms with Gasteiger partial charge in [0.2, 0.25) is 11.9 Å². The van der Waals surface area contributed by atoms with Crippen molar-refractivity contribution in [2.75, 3.05) is 37.6 Å². The molecule has 2 amide bonds. The van der Waals surface area contributed by atoms with E-state index in [1.165, 1.54) is 30.7 Å². The van der Waals surface area contributed by atoms with Crippen LogP contribution in [0.3, 0.4) is 0 Å². The van der Waals surface area contributed by atoms with Crippen molar-refractivity contribution in [3.63, 3.8) is 0 Å². The Balaban J connectivity index is 1.17. The van der Waals surface area contributed by atoms with Crippen molar-refractivity contribution in [1.82, 2.24) is 39.0 Å². The van der Waals surface area contributed by atoms with Crippen LogP contribution in [-0.4, -0.2) is 99.8 Å². The number of hydrogen-bond acceptors (Lipinski definition) is 16. The lowest BCUT2D eigenvalue weighted by Gasteiger charge is -2.28. The van der Waals surface area contributed by atoms with E-state index in [1.54, 1.807) is 54.8 Å². The number of fused-ring (bicyclic) bond motifs is 2. The lowest BCUT2D eigenvalue weighted by molar-refractivity contribution is -0.118. The summed E-state index contributed by atoms with van der Waals surface area (Å²) in [5.74, 6) is -1.31. The molecule has 0 saturated heterocycles. The van der Waals surface area contributed by atoms with E-state index in [0.29, 0.717) is 24.8 Å². The molecule has 5 aromatic rings. The second-order valence-corrected chi connectivity index (χ2v) is 16.9. The van der Waals surface area contributed by atoms with Gasteiger partial charge in [0.25, 0.3) is 11.5 Å². The van der Waals surface area contributed by atoms with Gasteiger partial charge in [-0.25, -0.2) is 29.1 Å². The van der Waals surface area contributed by atoms with Crippen LogP contribution >= 0.6 is 15.6 Å². The molecule has 0 aliphatic heterocycles. The molecule has 1 aliphatic rings. The first-order chi connectivity index (χ1) is 28.7. The molecular weight excluding hydrogens is 828 g/mol. The van der Waals surface area contributed by atoms with Gasteiger partial charge >= 0.3 is 15.6 Å². The topological polar surface area (TPSA) is 310 Å². The maximum atomic E-state index is 13.6. The van der Waals surface area contributed by atoms with E-state index in [-0.39, 0.29) is 77.5 Å². The number of amides is 2. The number of nitrogens with zero attached hydrogens (tertiary/aromatic N) is 8. The number of ether oxygens (including phenoxy) is 1. The Hall–Kier alpha value is -5.27. The molecule has 1 fully saturated rings. The predicted octanol–water partition coefficient (Wildman–Crippen LogP) is 3.71. The maximum Gasteiger partial charge on any atom is 0.472 e. The fourth-order valence-electron chi connectivity index (χ4n) is 6.39. The third-order valence-corrected chi connectivity index (χ3v) is 11.5. The predicted molar refractivity (Wildman–Crippen MR) is 211 cm³/mol. The van der Waals surface area contributed by atoms with Crippen LogP contribution in [0.5, 0.6) is 0 Å². The second-order valence-electron chi connectivity index (χ2n) is 14.0. The highest BCUT2D eigenvalue weighted by Crippen LogP contribution is 2.49. The molecule has 2 unspecified atom stereocenters. The van der Waals surface area contributed by atoms with Crippen LogP contribution in [0.4, 0.5) is 11.8 Å². The number of aromatic nitrogens is 8. The van der Waals surface area contributed by atoms with Crippen LogP contribution in [0, 0.1) is 23.2 Å². The van der Waals surface area contributed by atoms with Crippen molar-refractivity contribution in [3.05, 3.63) is 65.2 Å². The number of aromatic amines is 1. The van der Waals surface area contributed by atoms with Crippen LogP contribution in [0.2, 0.25) is 0 Å². The second kappa shape index (κ2) is 19.4. The zero-order chi connectivity index (χ0) is 43.0. The zero-order valence-corrected chi connectivity index (χ0v) is 34.4. The number of carbonyl (C=O) groups is 2. The molecule has 0 spiro atoms. The molecular formula is C35H43N11O12P2. The first kappa shape index (κ1) is 44.3. The van der Waals surface area contributed by atoms with Gasteiger partial charge in [-0.1, -0.05) is 32.0 Å². The summed E-state index contributed by atoms with van der Waals surface area (Å²) < 4.78 is 56.0. The largest absolute Gasteiger partial charge is 0.472 e. The lowest BCUT2D eigenvalue weighted by atomic mass is 10.1. The zero-order valence-electron chi connectivity index (χ0n) is 32.6. The molecule has 1 aliphatic carbocycles. The number of carbonyl (C=O) groups excluding carboxylic acids is 2. The van der Waals surface area contributed by atoms with Gasteiger partial charge in [-0.15, -0.1) is 0 Å². The van der Waals surface area contributed by atoms with Crippen LogP contribution in [0.1, 0.15) is 55.9 Å². The number of anilines is 2. The van der Waals surface area contributed by atoms with Crippen LogP contribution in [0.25, 0.3) is 22.3 Å². The summed E-state index contributed by atoms with van der Waals surface area (Å²) in [6.45, 7) is 1.82. The fraction of sp³-hybridized carbons (Fsp3) is 0.457. The number of imidazole rings is 2. The van der Waals surface area contributed by atoms with Crippen molar-refractivity contribution in [2.24, 2.45) is 11.8 Å². The number of phosphoric ester groups is 2. The Morgan fingerprint density at radius 1 is 0.983 bits per heavy atom. The normalized spacial score (nSPS) is 18.5. The number of benzene rings is 1. The van der Waals surface area contributed by atoms with Crippen molar-refractivity contribution in [2.45, 2.75) is 64.3 Å². The molecule has 25 heteroatoms. The Kier molecular flexibility index (Phi) is 14.3. The Morgan fingerprint density at radius 2 is 1.75 bits per heavy atom. The first-order valence-electron chi connectivity index (χ1n) is 18.6. The highest BCUT2D eigenvalue weighted by molar-refractivity contribution is 7.47. The molecule has 6 rings (SSSR count). The Labute approximate surface area is 341 Å². The van der Waals surface area contributed by atoms with Gasteiger partial charge in [0.1, 0.15) is 18.5 Å². The minimum Gasteiger partial charge on any atom is -0.376 e. The highest BCUT2D eigenvalue weighted by atomic mass is 31.2.